The van der Waals surface area contributed by atoms with E-state index < -0.39 is 21.7 Å². The van der Waals surface area contributed by atoms with E-state index in [0.717, 1.165) is 44.6 Å². The fraction of sp³-hybridized carbons (Fsp3) is 0.667. The molecule has 2 fully saturated rings. The van der Waals surface area contributed by atoms with Gasteiger partial charge in [0.2, 0.25) is 10.0 Å². The third-order valence-corrected chi connectivity index (χ3v) is 6.39. The van der Waals surface area contributed by atoms with Crippen molar-refractivity contribution in [1.82, 2.24) is 14.6 Å². The summed E-state index contributed by atoms with van der Waals surface area (Å²) in [6.45, 7) is 1.98. The zero-order valence-electron chi connectivity index (χ0n) is 12.8. The van der Waals surface area contributed by atoms with Crippen LogP contribution in [0, 0.1) is 17.6 Å². The van der Waals surface area contributed by atoms with Crippen molar-refractivity contribution in [1.29, 1.82) is 0 Å². The van der Waals surface area contributed by atoms with Crippen molar-refractivity contribution in [2.45, 2.75) is 37.5 Å². The first-order valence-corrected chi connectivity index (χ1v) is 9.49. The molecular formula is C15H21F2N3O2S. The zero-order chi connectivity index (χ0) is 16.4. The van der Waals surface area contributed by atoms with Crippen molar-refractivity contribution in [3.05, 3.63) is 29.6 Å². The Morgan fingerprint density at radius 1 is 1.22 bits per heavy atom. The number of hydrogen-bond acceptors (Lipinski definition) is 4. The normalized spacial score (nSPS) is 23.1. The van der Waals surface area contributed by atoms with Gasteiger partial charge in [-0.2, -0.15) is 0 Å². The standard InChI is InChI=1S/C15H21F2N3O2S/c16-14-7-18-8-15(17)13(14)10-20-5-1-2-11(9-20)6-19-23(21,22)12-3-4-12/h7-8,11-12,19H,1-6,9-10H2. The second-order valence-electron chi connectivity index (χ2n) is 6.42. The average molecular weight is 345 g/mol. The minimum absolute atomic E-state index is 0.0270. The average Bonchev–Trinajstić information content (AvgIpc) is 3.35. The number of likely N-dealkylation sites (tertiary alicyclic amines) is 1. The van der Waals surface area contributed by atoms with E-state index in [0.29, 0.717) is 13.1 Å². The second-order valence-corrected chi connectivity index (χ2v) is 8.46. The molecule has 1 aliphatic carbocycles. The molecule has 1 aromatic heterocycles. The van der Waals surface area contributed by atoms with Gasteiger partial charge in [0.15, 0.2) is 0 Å². The lowest BCUT2D eigenvalue weighted by molar-refractivity contribution is 0.165. The lowest BCUT2D eigenvalue weighted by atomic mass is 9.98. The minimum Gasteiger partial charge on any atom is -0.299 e. The Bertz CT molecular complexity index is 644. The van der Waals surface area contributed by atoms with Gasteiger partial charge >= 0.3 is 0 Å². The Morgan fingerprint density at radius 3 is 2.57 bits per heavy atom. The number of nitrogens with zero attached hydrogens (tertiary/aromatic N) is 2. The van der Waals surface area contributed by atoms with Crippen LogP contribution in [0.3, 0.4) is 0 Å². The van der Waals surface area contributed by atoms with Gasteiger partial charge in [-0.1, -0.05) is 0 Å². The molecule has 23 heavy (non-hydrogen) atoms. The van der Waals surface area contributed by atoms with Gasteiger partial charge in [0.25, 0.3) is 0 Å². The summed E-state index contributed by atoms with van der Waals surface area (Å²) in [5, 5.41) is -0.220. The number of rotatable bonds is 6. The summed E-state index contributed by atoms with van der Waals surface area (Å²) in [6, 6.07) is 0. The summed E-state index contributed by atoms with van der Waals surface area (Å²) in [5.74, 6) is -1.10. The van der Waals surface area contributed by atoms with Crippen molar-refractivity contribution in [2.24, 2.45) is 5.92 Å². The van der Waals surface area contributed by atoms with Crippen LogP contribution in [-0.2, 0) is 16.6 Å². The Labute approximate surface area is 135 Å². The predicted molar refractivity (Wildman–Crippen MR) is 82.1 cm³/mol. The van der Waals surface area contributed by atoms with Crippen LogP contribution in [-0.4, -0.2) is 43.2 Å². The van der Waals surface area contributed by atoms with E-state index in [2.05, 4.69) is 9.71 Å². The van der Waals surface area contributed by atoms with Crippen LogP contribution >= 0.6 is 0 Å². The van der Waals surface area contributed by atoms with Crippen LogP contribution < -0.4 is 4.72 Å². The maximum absolute atomic E-state index is 13.7. The quantitative estimate of drug-likeness (QED) is 0.852. The van der Waals surface area contributed by atoms with Gasteiger partial charge in [0, 0.05) is 25.2 Å². The molecular weight excluding hydrogens is 324 g/mol. The molecule has 0 radical (unpaired) electrons. The maximum atomic E-state index is 13.7. The van der Waals surface area contributed by atoms with Crippen molar-refractivity contribution >= 4 is 10.0 Å². The highest BCUT2D eigenvalue weighted by atomic mass is 32.2. The highest BCUT2D eigenvalue weighted by molar-refractivity contribution is 7.90. The van der Waals surface area contributed by atoms with E-state index >= 15 is 0 Å². The zero-order valence-corrected chi connectivity index (χ0v) is 13.7. The van der Waals surface area contributed by atoms with Crippen LogP contribution in [0.4, 0.5) is 8.78 Å². The molecule has 2 aliphatic rings. The third-order valence-electron chi connectivity index (χ3n) is 4.47. The van der Waals surface area contributed by atoms with E-state index in [-0.39, 0.29) is 23.3 Å². The van der Waals surface area contributed by atoms with E-state index in [1.165, 1.54) is 0 Å². The van der Waals surface area contributed by atoms with E-state index in [4.69, 9.17) is 0 Å². The number of piperidine rings is 1. The second kappa shape index (κ2) is 6.78. The molecule has 3 rings (SSSR count). The fourth-order valence-electron chi connectivity index (χ4n) is 3.00. The topological polar surface area (TPSA) is 62.3 Å². The predicted octanol–water partition coefficient (Wildman–Crippen LogP) is 1.65. The van der Waals surface area contributed by atoms with Crippen molar-refractivity contribution < 1.29 is 17.2 Å². The molecule has 1 N–H and O–H groups in total. The number of hydrogen-bond donors (Lipinski definition) is 1. The minimum atomic E-state index is -3.17. The molecule has 1 aliphatic heterocycles. The van der Waals surface area contributed by atoms with Gasteiger partial charge in [-0.15, -0.1) is 0 Å². The van der Waals surface area contributed by atoms with Crippen LogP contribution in [0.25, 0.3) is 0 Å². The van der Waals surface area contributed by atoms with Crippen molar-refractivity contribution in [3.8, 4) is 0 Å². The summed E-state index contributed by atoms with van der Waals surface area (Å²) < 4.78 is 53.8. The number of halogens is 2. The molecule has 1 aromatic rings. The number of aromatic nitrogens is 1. The van der Waals surface area contributed by atoms with Gasteiger partial charge in [-0.3, -0.25) is 9.88 Å². The fourth-order valence-corrected chi connectivity index (χ4v) is 4.46. The summed E-state index contributed by atoms with van der Waals surface area (Å²) in [7, 11) is -3.17. The molecule has 0 bridgehead atoms. The molecule has 8 heteroatoms. The molecule has 1 atom stereocenters. The Kier molecular flexibility index (Phi) is 4.93. The van der Waals surface area contributed by atoms with Crippen LogP contribution in [0.15, 0.2) is 12.4 Å². The smallest absolute Gasteiger partial charge is 0.214 e. The third kappa shape index (κ3) is 4.24. The lowest BCUT2D eigenvalue weighted by Crippen LogP contribution is -2.41. The van der Waals surface area contributed by atoms with Gasteiger partial charge < -0.3 is 0 Å². The Balaban J connectivity index is 1.56. The number of nitrogens with one attached hydrogen (secondary N) is 1. The highest BCUT2D eigenvalue weighted by Crippen LogP contribution is 2.28. The molecule has 5 nitrogen and oxygen atoms in total. The molecule has 1 unspecified atom stereocenters. The highest BCUT2D eigenvalue weighted by Gasteiger charge is 2.36. The van der Waals surface area contributed by atoms with Crippen molar-refractivity contribution in [3.63, 3.8) is 0 Å². The molecule has 0 spiro atoms. The van der Waals surface area contributed by atoms with Gasteiger partial charge in [-0.05, 0) is 38.1 Å². The largest absolute Gasteiger partial charge is 0.299 e. The molecule has 1 saturated carbocycles. The molecule has 0 amide bonds. The first-order chi connectivity index (χ1) is 11.0. The summed E-state index contributed by atoms with van der Waals surface area (Å²) in [4.78, 5) is 5.46. The monoisotopic (exact) mass is 345 g/mol. The summed E-state index contributed by atoms with van der Waals surface area (Å²) >= 11 is 0. The number of pyridine rings is 1. The van der Waals surface area contributed by atoms with E-state index in [1.807, 2.05) is 4.90 Å². The van der Waals surface area contributed by atoms with Gasteiger partial charge in [0.05, 0.1) is 17.6 Å². The van der Waals surface area contributed by atoms with E-state index in [1.54, 1.807) is 0 Å². The molecule has 1 saturated heterocycles. The SMILES string of the molecule is O=S(=O)(NCC1CCCN(Cc2c(F)cncc2F)C1)C1CC1. The first kappa shape index (κ1) is 16.7. The molecule has 0 aromatic carbocycles. The molecule has 128 valence electrons. The Morgan fingerprint density at radius 2 is 1.91 bits per heavy atom. The summed E-state index contributed by atoms with van der Waals surface area (Å²) in [5.41, 5.74) is 0.0270. The van der Waals surface area contributed by atoms with E-state index in [9.17, 15) is 17.2 Å². The van der Waals surface area contributed by atoms with Crippen LogP contribution in [0.5, 0.6) is 0 Å². The molecule has 2 heterocycles. The lowest BCUT2D eigenvalue weighted by Gasteiger charge is -2.32. The summed E-state index contributed by atoms with van der Waals surface area (Å²) in [6.07, 6.45) is 5.34. The van der Waals surface area contributed by atoms with Crippen molar-refractivity contribution in [2.75, 3.05) is 19.6 Å². The van der Waals surface area contributed by atoms with Crippen LogP contribution in [0.1, 0.15) is 31.2 Å². The van der Waals surface area contributed by atoms with Gasteiger partial charge in [0.1, 0.15) is 11.6 Å². The maximum Gasteiger partial charge on any atom is 0.214 e. The number of sulfonamides is 1. The first-order valence-electron chi connectivity index (χ1n) is 7.94. The van der Waals surface area contributed by atoms with Gasteiger partial charge in [-0.25, -0.2) is 21.9 Å². The van der Waals surface area contributed by atoms with Crippen LogP contribution in [0.2, 0.25) is 0 Å². The Hall–Kier alpha value is -1.12.